The Balaban J connectivity index is 2.02. The highest BCUT2D eigenvalue weighted by Crippen LogP contribution is 2.39. The Morgan fingerprint density at radius 1 is 1.50 bits per heavy atom. The van der Waals surface area contributed by atoms with Gasteiger partial charge in [0.15, 0.2) is 0 Å². The number of thiazole rings is 1. The number of benzene rings is 1. The molecule has 1 atom stereocenters. The van der Waals surface area contributed by atoms with Crippen molar-refractivity contribution in [3.05, 3.63) is 39.1 Å². The van der Waals surface area contributed by atoms with Gasteiger partial charge < -0.3 is 5.32 Å². The summed E-state index contributed by atoms with van der Waals surface area (Å²) in [7, 11) is 0. The van der Waals surface area contributed by atoms with Gasteiger partial charge in [-0.05, 0) is 44.0 Å². The SMILES string of the molecule is CCNC1CCCc2nc(-c3cc(Br)ccc3F)sc21. The Hall–Kier alpha value is -0.780. The molecule has 0 saturated carbocycles. The average Bonchev–Trinajstić information content (AvgIpc) is 2.87. The fraction of sp³-hybridized carbons (Fsp3) is 0.400. The molecule has 0 radical (unpaired) electrons. The smallest absolute Gasteiger partial charge is 0.133 e. The lowest BCUT2D eigenvalue weighted by Gasteiger charge is -2.21. The normalized spacial score (nSPS) is 18.1. The molecule has 1 N–H and O–H groups in total. The van der Waals surface area contributed by atoms with E-state index < -0.39 is 0 Å². The van der Waals surface area contributed by atoms with Crippen LogP contribution < -0.4 is 5.32 Å². The van der Waals surface area contributed by atoms with E-state index in [2.05, 4.69) is 33.2 Å². The fourth-order valence-corrected chi connectivity index (χ4v) is 4.24. The van der Waals surface area contributed by atoms with Crippen molar-refractivity contribution in [1.82, 2.24) is 10.3 Å². The van der Waals surface area contributed by atoms with Crippen molar-refractivity contribution < 1.29 is 4.39 Å². The minimum absolute atomic E-state index is 0.209. The molecule has 0 fully saturated rings. The van der Waals surface area contributed by atoms with Gasteiger partial charge in [-0.2, -0.15) is 0 Å². The van der Waals surface area contributed by atoms with E-state index in [-0.39, 0.29) is 5.82 Å². The van der Waals surface area contributed by atoms with Gasteiger partial charge in [0.1, 0.15) is 10.8 Å². The third kappa shape index (κ3) is 2.67. The molecule has 0 bridgehead atoms. The predicted molar refractivity (Wildman–Crippen MR) is 84.6 cm³/mol. The molecular weight excluding hydrogens is 339 g/mol. The Bertz CT molecular complexity index is 626. The zero-order valence-electron chi connectivity index (χ0n) is 11.2. The van der Waals surface area contributed by atoms with E-state index in [1.807, 2.05) is 6.07 Å². The van der Waals surface area contributed by atoms with Crippen molar-refractivity contribution in [1.29, 1.82) is 0 Å². The van der Waals surface area contributed by atoms with E-state index in [0.29, 0.717) is 11.6 Å². The Kier molecular flexibility index (Phi) is 4.19. The number of aromatic nitrogens is 1. The zero-order chi connectivity index (χ0) is 14.1. The molecule has 1 aliphatic carbocycles. The van der Waals surface area contributed by atoms with Crippen LogP contribution in [0, 0.1) is 5.82 Å². The molecule has 1 aliphatic rings. The van der Waals surface area contributed by atoms with E-state index in [4.69, 9.17) is 0 Å². The standard InChI is InChI=1S/C15H16BrFN2S/c1-2-18-12-4-3-5-13-14(12)20-15(19-13)10-8-9(16)6-7-11(10)17/h6-8,12,18H,2-5H2,1H3. The maximum Gasteiger partial charge on any atom is 0.133 e. The lowest BCUT2D eigenvalue weighted by molar-refractivity contribution is 0.476. The van der Waals surface area contributed by atoms with Crippen LogP contribution in [0.4, 0.5) is 4.39 Å². The zero-order valence-corrected chi connectivity index (χ0v) is 13.7. The van der Waals surface area contributed by atoms with Crippen molar-refractivity contribution in [3.63, 3.8) is 0 Å². The third-order valence-electron chi connectivity index (χ3n) is 3.56. The molecule has 0 saturated heterocycles. The maximum absolute atomic E-state index is 14.0. The Morgan fingerprint density at radius 3 is 3.15 bits per heavy atom. The first-order valence-corrected chi connectivity index (χ1v) is 8.48. The topological polar surface area (TPSA) is 24.9 Å². The molecule has 3 rings (SSSR count). The van der Waals surface area contributed by atoms with Crippen LogP contribution in [0.25, 0.3) is 10.6 Å². The summed E-state index contributed by atoms with van der Waals surface area (Å²) in [6.07, 6.45) is 3.29. The first kappa shape index (κ1) is 14.2. The number of halogens is 2. The largest absolute Gasteiger partial charge is 0.309 e. The fourth-order valence-electron chi connectivity index (χ4n) is 2.64. The molecule has 1 unspecified atom stereocenters. The Morgan fingerprint density at radius 2 is 2.35 bits per heavy atom. The lowest BCUT2D eigenvalue weighted by atomic mass is 9.98. The minimum Gasteiger partial charge on any atom is -0.309 e. The quantitative estimate of drug-likeness (QED) is 0.863. The first-order chi connectivity index (χ1) is 9.69. The number of hydrogen-bond acceptors (Lipinski definition) is 3. The van der Waals surface area contributed by atoms with Gasteiger partial charge in [0, 0.05) is 21.0 Å². The molecule has 5 heteroatoms. The number of hydrogen-bond donors (Lipinski definition) is 1. The van der Waals surface area contributed by atoms with Gasteiger partial charge in [0.05, 0.1) is 5.69 Å². The molecule has 1 aromatic carbocycles. The second-order valence-corrected chi connectivity index (χ2v) is 6.90. The molecule has 106 valence electrons. The first-order valence-electron chi connectivity index (χ1n) is 6.87. The number of rotatable bonds is 3. The molecule has 1 heterocycles. The summed E-state index contributed by atoms with van der Waals surface area (Å²) in [6, 6.07) is 5.39. The number of nitrogens with one attached hydrogen (secondary N) is 1. The van der Waals surface area contributed by atoms with Crippen LogP contribution in [0.3, 0.4) is 0 Å². The number of aryl methyl sites for hydroxylation is 1. The van der Waals surface area contributed by atoms with Crippen molar-refractivity contribution in [2.24, 2.45) is 0 Å². The number of fused-ring (bicyclic) bond motifs is 1. The summed E-state index contributed by atoms with van der Waals surface area (Å²) in [5.41, 5.74) is 1.73. The van der Waals surface area contributed by atoms with Crippen LogP contribution in [-0.2, 0) is 6.42 Å². The van der Waals surface area contributed by atoms with Gasteiger partial charge in [0.25, 0.3) is 0 Å². The summed E-state index contributed by atoms with van der Waals surface area (Å²) in [5, 5.41) is 4.29. The highest BCUT2D eigenvalue weighted by molar-refractivity contribution is 9.10. The predicted octanol–water partition coefficient (Wildman–Crippen LogP) is 4.70. The number of nitrogens with zero attached hydrogens (tertiary/aromatic N) is 1. The van der Waals surface area contributed by atoms with Crippen LogP contribution >= 0.6 is 27.3 Å². The Labute approximate surface area is 130 Å². The maximum atomic E-state index is 14.0. The molecule has 0 aliphatic heterocycles. The second-order valence-electron chi connectivity index (χ2n) is 4.96. The van der Waals surface area contributed by atoms with Crippen molar-refractivity contribution >= 4 is 27.3 Å². The summed E-state index contributed by atoms with van der Waals surface area (Å²) in [4.78, 5) is 5.96. The average molecular weight is 355 g/mol. The van der Waals surface area contributed by atoms with Crippen LogP contribution in [0.2, 0.25) is 0 Å². The van der Waals surface area contributed by atoms with E-state index in [1.165, 1.54) is 10.9 Å². The van der Waals surface area contributed by atoms with Gasteiger partial charge in [-0.1, -0.05) is 22.9 Å². The van der Waals surface area contributed by atoms with Crippen LogP contribution in [0.15, 0.2) is 22.7 Å². The van der Waals surface area contributed by atoms with E-state index >= 15 is 0 Å². The van der Waals surface area contributed by atoms with Crippen LogP contribution in [-0.4, -0.2) is 11.5 Å². The van der Waals surface area contributed by atoms with Gasteiger partial charge in [-0.3, -0.25) is 0 Å². The molecular formula is C15H16BrFN2S. The molecule has 1 aromatic heterocycles. The molecule has 0 amide bonds. The van der Waals surface area contributed by atoms with Crippen LogP contribution in [0.1, 0.15) is 36.4 Å². The summed E-state index contributed by atoms with van der Waals surface area (Å²) in [5.74, 6) is -0.209. The minimum atomic E-state index is -0.209. The van der Waals surface area contributed by atoms with Gasteiger partial charge in [-0.25, -0.2) is 9.37 Å². The molecule has 0 spiro atoms. The van der Waals surface area contributed by atoms with Gasteiger partial charge >= 0.3 is 0 Å². The van der Waals surface area contributed by atoms with E-state index in [1.54, 1.807) is 17.4 Å². The molecule has 2 aromatic rings. The highest BCUT2D eigenvalue weighted by Gasteiger charge is 2.25. The van der Waals surface area contributed by atoms with Crippen molar-refractivity contribution in [2.75, 3.05) is 6.54 Å². The molecule has 20 heavy (non-hydrogen) atoms. The lowest BCUT2D eigenvalue weighted by Crippen LogP contribution is -2.23. The van der Waals surface area contributed by atoms with Crippen LogP contribution in [0.5, 0.6) is 0 Å². The van der Waals surface area contributed by atoms with E-state index in [9.17, 15) is 4.39 Å². The summed E-state index contributed by atoms with van der Waals surface area (Å²) in [6.45, 7) is 3.06. The van der Waals surface area contributed by atoms with Gasteiger partial charge in [0.2, 0.25) is 0 Å². The van der Waals surface area contributed by atoms with Crippen molar-refractivity contribution in [2.45, 2.75) is 32.2 Å². The monoisotopic (exact) mass is 354 g/mol. The second kappa shape index (κ2) is 5.92. The van der Waals surface area contributed by atoms with Gasteiger partial charge in [-0.15, -0.1) is 11.3 Å². The molecule has 2 nitrogen and oxygen atoms in total. The summed E-state index contributed by atoms with van der Waals surface area (Å²) >= 11 is 5.02. The third-order valence-corrected chi connectivity index (χ3v) is 5.30. The highest BCUT2D eigenvalue weighted by atomic mass is 79.9. The van der Waals surface area contributed by atoms with E-state index in [0.717, 1.165) is 41.0 Å². The summed E-state index contributed by atoms with van der Waals surface area (Å²) < 4.78 is 14.9. The van der Waals surface area contributed by atoms with Crippen molar-refractivity contribution in [3.8, 4) is 10.6 Å².